The van der Waals surface area contributed by atoms with E-state index < -0.39 is 17.8 Å². The fourth-order valence-electron chi connectivity index (χ4n) is 3.69. The van der Waals surface area contributed by atoms with Gasteiger partial charge in [0, 0.05) is 37.7 Å². The third kappa shape index (κ3) is 14.2. The monoisotopic (exact) mass is 617 g/mol. The molecule has 1 amide bonds. The van der Waals surface area contributed by atoms with Crippen molar-refractivity contribution in [1.29, 1.82) is 5.41 Å². The van der Waals surface area contributed by atoms with Crippen LogP contribution in [0.3, 0.4) is 0 Å². The first kappa shape index (κ1) is 36.5. The number of nitrogens with zero attached hydrogens (tertiary/aromatic N) is 3. The highest BCUT2D eigenvalue weighted by atomic mass is 16.7. The quantitative estimate of drug-likeness (QED) is 0.0402. The second-order valence-electron chi connectivity index (χ2n) is 10.3. The molecule has 44 heavy (non-hydrogen) atoms. The molecule has 244 valence electrons. The van der Waals surface area contributed by atoms with Gasteiger partial charge in [-0.1, -0.05) is 55.4 Å². The number of ether oxygens (including phenoxy) is 5. The predicted molar refractivity (Wildman–Crippen MR) is 167 cm³/mol. The van der Waals surface area contributed by atoms with E-state index in [0.29, 0.717) is 57.3 Å². The Hall–Kier alpha value is -3.66. The number of hydrazine groups is 2. The van der Waals surface area contributed by atoms with Gasteiger partial charge in [0.15, 0.2) is 24.4 Å². The van der Waals surface area contributed by atoms with Gasteiger partial charge < -0.3 is 28.5 Å². The highest BCUT2D eigenvalue weighted by Crippen LogP contribution is 2.25. The van der Waals surface area contributed by atoms with Gasteiger partial charge in [-0.3, -0.25) is 21.6 Å². The Morgan fingerprint density at radius 2 is 1.68 bits per heavy atom. The van der Waals surface area contributed by atoms with Gasteiger partial charge in [-0.2, -0.15) is 5.53 Å². The van der Waals surface area contributed by atoms with Crippen molar-refractivity contribution in [1.82, 2.24) is 15.5 Å². The fraction of sp³-hybridized carbons (Fsp3) is 0.533. The molecule has 0 saturated heterocycles. The topological polar surface area (TPSA) is 175 Å². The molecule has 0 saturated carbocycles. The smallest absolute Gasteiger partial charge is 0.412 e. The number of carbonyl (C=O) groups excluding carboxylic acids is 1. The van der Waals surface area contributed by atoms with Gasteiger partial charge in [0.1, 0.15) is 5.82 Å². The zero-order valence-electron chi connectivity index (χ0n) is 26.3. The second-order valence-corrected chi connectivity index (χ2v) is 10.3. The number of hydrogen-bond donors (Lipinski definition) is 4. The summed E-state index contributed by atoms with van der Waals surface area (Å²) in [6, 6.07) is 14.2. The molecule has 0 aliphatic rings. The van der Waals surface area contributed by atoms with E-state index in [1.54, 1.807) is 25.2 Å². The van der Waals surface area contributed by atoms with Crippen molar-refractivity contribution in [2.45, 2.75) is 47.0 Å². The predicted octanol–water partition coefficient (Wildman–Crippen LogP) is 3.69. The second kappa shape index (κ2) is 20.3. The maximum atomic E-state index is 12.6. The first-order valence-electron chi connectivity index (χ1n) is 14.5. The summed E-state index contributed by atoms with van der Waals surface area (Å²) in [6.45, 7) is 10.8. The molecule has 0 bridgehead atoms. The largest absolute Gasteiger partial charge is 0.449 e. The molecular formula is C30H47N7O7. The number of amides is 1. The molecule has 2 aromatic rings. The highest BCUT2D eigenvalue weighted by Gasteiger charge is 2.27. The van der Waals surface area contributed by atoms with E-state index in [0.717, 1.165) is 0 Å². The van der Waals surface area contributed by atoms with Gasteiger partial charge in [-0.25, -0.2) is 9.78 Å². The van der Waals surface area contributed by atoms with Crippen LogP contribution in [0.5, 0.6) is 0 Å². The van der Waals surface area contributed by atoms with E-state index in [2.05, 4.69) is 21.0 Å². The van der Waals surface area contributed by atoms with Crippen LogP contribution in [0.1, 0.15) is 45.4 Å². The van der Waals surface area contributed by atoms with E-state index in [-0.39, 0.29) is 30.6 Å². The van der Waals surface area contributed by atoms with Crippen LogP contribution in [-0.4, -0.2) is 87.2 Å². The third-order valence-electron chi connectivity index (χ3n) is 5.99. The van der Waals surface area contributed by atoms with Gasteiger partial charge in [0.05, 0.1) is 38.7 Å². The Balaban J connectivity index is 1.93. The van der Waals surface area contributed by atoms with Crippen LogP contribution in [0.2, 0.25) is 0 Å². The average molecular weight is 618 g/mol. The molecule has 0 atom stereocenters. The SMILES string of the molecule is CCOCCOC(CC(C)(C)COC(=O)Nc1cccc(CON=C(C(=N)N(C)NN)c2ccccc2)n1)OCCOCC. The normalized spacial score (nSPS) is 11.8. The van der Waals surface area contributed by atoms with E-state index in [4.69, 9.17) is 39.8 Å². The Kier molecular flexibility index (Phi) is 16.9. The number of nitrogens with one attached hydrogen (secondary N) is 3. The number of benzene rings is 1. The molecule has 0 spiro atoms. The van der Waals surface area contributed by atoms with Crippen molar-refractivity contribution in [2.75, 3.05) is 58.6 Å². The van der Waals surface area contributed by atoms with Crippen molar-refractivity contribution in [3.05, 3.63) is 59.8 Å². The maximum Gasteiger partial charge on any atom is 0.412 e. The Morgan fingerprint density at radius 1 is 1.02 bits per heavy atom. The molecular weight excluding hydrogens is 570 g/mol. The summed E-state index contributed by atoms with van der Waals surface area (Å²) in [7, 11) is 1.59. The summed E-state index contributed by atoms with van der Waals surface area (Å²) in [5, 5.41) is 16.5. The maximum absolute atomic E-state index is 12.6. The molecule has 1 aromatic heterocycles. The number of hydrogen-bond acceptors (Lipinski definition) is 12. The lowest BCUT2D eigenvalue weighted by atomic mass is 9.90. The number of amidine groups is 1. The molecule has 5 N–H and O–H groups in total. The number of likely N-dealkylation sites (N-methyl/N-ethyl adjacent to an activating group) is 1. The molecule has 0 unspecified atom stereocenters. The van der Waals surface area contributed by atoms with Gasteiger partial charge in [0.25, 0.3) is 0 Å². The zero-order chi connectivity index (χ0) is 32.2. The summed E-state index contributed by atoms with van der Waals surface area (Å²) >= 11 is 0. The molecule has 0 aliphatic heterocycles. The van der Waals surface area contributed by atoms with Crippen LogP contribution in [0.25, 0.3) is 0 Å². The number of carbonyl (C=O) groups is 1. The number of pyridine rings is 1. The van der Waals surface area contributed by atoms with Crippen LogP contribution in [0.4, 0.5) is 10.6 Å². The molecule has 0 aliphatic carbocycles. The molecule has 14 nitrogen and oxygen atoms in total. The summed E-state index contributed by atoms with van der Waals surface area (Å²) in [6.07, 6.45) is -0.662. The molecule has 1 aromatic carbocycles. The highest BCUT2D eigenvalue weighted by molar-refractivity contribution is 6.46. The Morgan fingerprint density at radius 3 is 2.30 bits per heavy atom. The molecule has 0 fully saturated rings. The Bertz CT molecular complexity index is 1140. The van der Waals surface area contributed by atoms with Crippen molar-refractivity contribution in [3.63, 3.8) is 0 Å². The standard InChI is InChI=1S/C30H47N7O7/c1-6-39-16-18-41-26(42-19-17-40-7-2)20-30(3,4)22-43-29(38)34-25-15-11-14-24(33-25)21-44-35-27(28(31)37(5)36-32)23-12-9-8-10-13-23/h8-15,26,31,36H,6-7,16-22,32H2,1-5H3,(H,33,34,38). The van der Waals surface area contributed by atoms with E-state index in [1.165, 1.54) is 5.01 Å². The average Bonchev–Trinajstić information content (AvgIpc) is 3.02. The zero-order valence-corrected chi connectivity index (χ0v) is 26.3. The summed E-state index contributed by atoms with van der Waals surface area (Å²) in [5.41, 5.74) is 3.39. The lowest BCUT2D eigenvalue weighted by molar-refractivity contribution is -0.174. The van der Waals surface area contributed by atoms with Gasteiger partial charge in [0.2, 0.25) is 0 Å². The van der Waals surface area contributed by atoms with Crippen LogP contribution in [0.15, 0.2) is 53.7 Å². The first-order chi connectivity index (χ1) is 21.2. The summed E-state index contributed by atoms with van der Waals surface area (Å²) in [4.78, 5) is 22.5. The third-order valence-corrected chi connectivity index (χ3v) is 5.99. The number of aromatic nitrogens is 1. The van der Waals surface area contributed by atoms with Crippen LogP contribution < -0.4 is 16.7 Å². The van der Waals surface area contributed by atoms with E-state index in [1.807, 2.05) is 58.0 Å². The van der Waals surface area contributed by atoms with Crippen LogP contribution >= 0.6 is 0 Å². The molecule has 1 heterocycles. The van der Waals surface area contributed by atoms with Crippen molar-refractivity contribution >= 4 is 23.5 Å². The van der Waals surface area contributed by atoms with Crippen LogP contribution in [-0.2, 0) is 35.1 Å². The lowest BCUT2D eigenvalue weighted by Crippen LogP contribution is -2.46. The minimum absolute atomic E-state index is 0.00500. The molecule has 2 rings (SSSR count). The Labute approximate surface area is 259 Å². The first-order valence-corrected chi connectivity index (χ1v) is 14.5. The fourth-order valence-corrected chi connectivity index (χ4v) is 3.69. The number of nitrogens with two attached hydrogens (primary N) is 1. The van der Waals surface area contributed by atoms with Crippen molar-refractivity contribution in [3.8, 4) is 0 Å². The summed E-state index contributed by atoms with van der Waals surface area (Å²) < 4.78 is 27.9. The van der Waals surface area contributed by atoms with Crippen LogP contribution in [0, 0.1) is 10.8 Å². The minimum Gasteiger partial charge on any atom is -0.449 e. The minimum atomic E-state index is -0.648. The van der Waals surface area contributed by atoms with Gasteiger partial charge in [-0.15, -0.1) is 0 Å². The van der Waals surface area contributed by atoms with Crippen molar-refractivity contribution < 1.29 is 33.3 Å². The van der Waals surface area contributed by atoms with Crippen molar-refractivity contribution in [2.24, 2.45) is 16.4 Å². The van der Waals surface area contributed by atoms with Gasteiger partial charge >= 0.3 is 6.09 Å². The number of anilines is 1. The molecule has 14 heteroatoms. The lowest BCUT2D eigenvalue weighted by Gasteiger charge is -2.29. The van der Waals surface area contributed by atoms with Gasteiger partial charge in [-0.05, 0) is 26.0 Å². The molecule has 0 radical (unpaired) electrons. The van der Waals surface area contributed by atoms with E-state index in [9.17, 15) is 4.79 Å². The van der Waals surface area contributed by atoms with E-state index >= 15 is 0 Å². The summed E-state index contributed by atoms with van der Waals surface area (Å²) in [5.74, 6) is 5.75. The number of rotatable bonds is 21. The number of oxime groups is 1.